The number of ether oxygens (including phenoxy) is 1. The van der Waals surface area contributed by atoms with Crippen LogP contribution in [0, 0.1) is 0 Å². The second-order valence-electron chi connectivity index (χ2n) is 2.51. The van der Waals surface area contributed by atoms with E-state index >= 15 is 0 Å². The molecule has 0 saturated carbocycles. The molecule has 0 fully saturated rings. The molecule has 0 atom stereocenters. The Morgan fingerprint density at radius 2 is 2.31 bits per heavy atom. The number of carbonyl (C=O) groups is 1. The molecule has 0 heterocycles. The molecule has 0 spiro atoms. The van der Waals surface area contributed by atoms with Crippen molar-refractivity contribution in [3.05, 3.63) is 23.8 Å². The Balaban J connectivity index is 3.15. The lowest BCUT2D eigenvalue weighted by Crippen LogP contribution is -2.14. The van der Waals surface area contributed by atoms with Crippen LogP contribution < -0.4 is 10.5 Å². The number of hydrogen-bond acceptors (Lipinski definition) is 4. The number of benzene rings is 1. The maximum atomic E-state index is 11.2. The highest BCUT2D eigenvalue weighted by Crippen LogP contribution is 2.23. The lowest BCUT2D eigenvalue weighted by atomic mass is 10.1. The zero-order valence-electron chi connectivity index (χ0n) is 7.28. The van der Waals surface area contributed by atoms with Gasteiger partial charge in [-0.3, -0.25) is 4.79 Å². The van der Waals surface area contributed by atoms with Crippen molar-refractivity contribution in [1.82, 2.24) is 0 Å². The number of methoxy groups -OCH3 is 1. The van der Waals surface area contributed by atoms with E-state index in [2.05, 4.69) is 0 Å². The Hall–Kier alpha value is -1.55. The van der Waals surface area contributed by atoms with Gasteiger partial charge in [-0.1, -0.05) is 0 Å². The van der Waals surface area contributed by atoms with Gasteiger partial charge in [-0.05, 0) is 18.2 Å². The molecule has 0 aliphatic heterocycles. The first-order valence-electron chi connectivity index (χ1n) is 3.79. The second kappa shape index (κ2) is 3.91. The second-order valence-corrected chi connectivity index (χ2v) is 2.51. The van der Waals surface area contributed by atoms with Gasteiger partial charge in [0.1, 0.15) is 11.5 Å². The van der Waals surface area contributed by atoms with Crippen LogP contribution in [-0.2, 0) is 0 Å². The van der Waals surface area contributed by atoms with Crippen LogP contribution in [-0.4, -0.2) is 24.5 Å². The largest absolute Gasteiger partial charge is 0.508 e. The quantitative estimate of drug-likeness (QED) is 0.667. The predicted molar refractivity (Wildman–Crippen MR) is 48.0 cm³/mol. The lowest BCUT2D eigenvalue weighted by molar-refractivity contribution is 0.0998. The van der Waals surface area contributed by atoms with Gasteiger partial charge >= 0.3 is 0 Å². The van der Waals surface area contributed by atoms with Gasteiger partial charge < -0.3 is 15.6 Å². The topological polar surface area (TPSA) is 72.5 Å². The van der Waals surface area contributed by atoms with Gasteiger partial charge in [0.05, 0.1) is 19.2 Å². The van der Waals surface area contributed by atoms with E-state index in [0.717, 1.165) is 0 Å². The van der Waals surface area contributed by atoms with Crippen LogP contribution in [0.5, 0.6) is 11.5 Å². The number of Topliss-reactive ketones (excluding diaryl/α,β-unsaturated/α-hetero) is 1. The average Bonchev–Trinajstić information content (AvgIpc) is 2.16. The summed E-state index contributed by atoms with van der Waals surface area (Å²) in [5, 5.41) is 9.13. The van der Waals surface area contributed by atoms with Crippen LogP contribution in [0.2, 0.25) is 0 Å². The Morgan fingerprint density at radius 1 is 1.62 bits per heavy atom. The number of phenolic OH excluding ortho intramolecular Hbond substituents is 1. The normalized spacial score (nSPS) is 9.69. The van der Waals surface area contributed by atoms with Crippen molar-refractivity contribution < 1.29 is 14.6 Å². The van der Waals surface area contributed by atoms with Crippen LogP contribution in [0.15, 0.2) is 18.2 Å². The average molecular weight is 181 g/mol. The number of hydrogen-bond donors (Lipinski definition) is 2. The summed E-state index contributed by atoms with van der Waals surface area (Å²) >= 11 is 0. The predicted octanol–water partition coefficient (Wildman–Crippen LogP) is 0.542. The Kier molecular flexibility index (Phi) is 2.87. The summed E-state index contributed by atoms with van der Waals surface area (Å²) in [5.41, 5.74) is 5.50. The van der Waals surface area contributed by atoms with Crippen molar-refractivity contribution in [2.45, 2.75) is 0 Å². The summed E-state index contributed by atoms with van der Waals surface area (Å²) < 4.78 is 4.94. The van der Waals surface area contributed by atoms with Crippen LogP contribution in [0.3, 0.4) is 0 Å². The minimum Gasteiger partial charge on any atom is -0.508 e. The molecule has 0 amide bonds. The van der Waals surface area contributed by atoms with E-state index in [1.165, 1.54) is 25.3 Å². The summed E-state index contributed by atoms with van der Waals surface area (Å²) in [6.45, 7) is -0.0974. The SMILES string of the molecule is COc1ccc(O)cc1C(=O)CN. The van der Waals surface area contributed by atoms with Gasteiger partial charge in [-0.25, -0.2) is 0 Å². The third-order valence-electron chi connectivity index (χ3n) is 1.67. The number of nitrogens with two attached hydrogens (primary N) is 1. The van der Waals surface area contributed by atoms with Crippen molar-refractivity contribution in [2.24, 2.45) is 5.73 Å². The standard InChI is InChI=1S/C9H11NO3/c1-13-9-3-2-6(11)4-7(9)8(12)5-10/h2-4,11H,5,10H2,1H3. The highest BCUT2D eigenvalue weighted by molar-refractivity contribution is 6.00. The molecular formula is C9H11NO3. The number of aromatic hydroxyl groups is 1. The first-order chi connectivity index (χ1) is 6.19. The molecule has 3 N–H and O–H groups in total. The van der Waals surface area contributed by atoms with Crippen molar-refractivity contribution >= 4 is 5.78 Å². The van der Waals surface area contributed by atoms with Crippen LogP contribution >= 0.6 is 0 Å². The zero-order chi connectivity index (χ0) is 9.84. The molecule has 0 aliphatic carbocycles. The van der Waals surface area contributed by atoms with E-state index in [4.69, 9.17) is 15.6 Å². The van der Waals surface area contributed by atoms with Gasteiger partial charge in [0.15, 0.2) is 5.78 Å². The van der Waals surface area contributed by atoms with Crippen LogP contribution in [0.25, 0.3) is 0 Å². The Labute approximate surface area is 75.9 Å². The van der Waals surface area contributed by atoms with E-state index in [-0.39, 0.29) is 18.1 Å². The third-order valence-corrected chi connectivity index (χ3v) is 1.67. The highest BCUT2D eigenvalue weighted by Gasteiger charge is 2.10. The monoisotopic (exact) mass is 181 g/mol. The third kappa shape index (κ3) is 1.97. The molecule has 1 aromatic rings. The van der Waals surface area contributed by atoms with Gasteiger partial charge in [0.2, 0.25) is 0 Å². The molecule has 4 heteroatoms. The number of carbonyl (C=O) groups excluding carboxylic acids is 1. The van der Waals surface area contributed by atoms with Gasteiger partial charge in [0, 0.05) is 0 Å². The fourth-order valence-electron chi connectivity index (χ4n) is 1.02. The van der Waals surface area contributed by atoms with Crippen LogP contribution in [0.1, 0.15) is 10.4 Å². The molecule has 0 aliphatic rings. The maximum Gasteiger partial charge on any atom is 0.180 e. The summed E-state index contributed by atoms with van der Waals surface area (Å²) in [5.74, 6) is 0.193. The van der Waals surface area contributed by atoms with E-state index < -0.39 is 0 Å². The first-order valence-corrected chi connectivity index (χ1v) is 3.79. The minimum atomic E-state index is -0.257. The Bertz CT molecular complexity index is 323. The van der Waals surface area contributed by atoms with E-state index in [1.54, 1.807) is 0 Å². The number of rotatable bonds is 3. The van der Waals surface area contributed by atoms with Gasteiger partial charge in [-0.15, -0.1) is 0 Å². The summed E-state index contributed by atoms with van der Waals surface area (Å²) in [7, 11) is 1.46. The van der Waals surface area contributed by atoms with Crippen molar-refractivity contribution in [3.8, 4) is 11.5 Å². The number of ketones is 1. The molecule has 4 nitrogen and oxygen atoms in total. The molecule has 70 valence electrons. The Morgan fingerprint density at radius 3 is 2.85 bits per heavy atom. The van der Waals surface area contributed by atoms with Crippen molar-refractivity contribution in [2.75, 3.05) is 13.7 Å². The summed E-state index contributed by atoms with van der Waals surface area (Å²) in [4.78, 5) is 11.2. The molecule has 0 bridgehead atoms. The molecule has 1 rings (SSSR count). The first kappa shape index (κ1) is 9.54. The lowest BCUT2D eigenvalue weighted by Gasteiger charge is -2.06. The number of phenols is 1. The molecule has 1 aromatic carbocycles. The minimum absolute atomic E-state index is 0.0256. The molecular weight excluding hydrogens is 170 g/mol. The summed E-state index contributed by atoms with van der Waals surface area (Å²) in [6.07, 6.45) is 0. The smallest absolute Gasteiger partial charge is 0.180 e. The maximum absolute atomic E-state index is 11.2. The van der Waals surface area contributed by atoms with Gasteiger partial charge in [-0.2, -0.15) is 0 Å². The fourth-order valence-corrected chi connectivity index (χ4v) is 1.02. The molecule has 0 aromatic heterocycles. The fraction of sp³-hybridized carbons (Fsp3) is 0.222. The van der Waals surface area contributed by atoms with Crippen molar-refractivity contribution in [3.63, 3.8) is 0 Å². The molecule has 13 heavy (non-hydrogen) atoms. The highest BCUT2D eigenvalue weighted by atomic mass is 16.5. The van der Waals surface area contributed by atoms with E-state index in [9.17, 15) is 4.79 Å². The molecule has 0 radical (unpaired) electrons. The molecule has 0 saturated heterocycles. The van der Waals surface area contributed by atoms with E-state index in [1.807, 2.05) is 0 Å². The zero-order valence-corrected chi connectivity index (χ0v) is 7.28. The van der Waals surface area contributed by atoms with Gasteiger partial charge in [0.25, 0.3) is 0 Å². The molecule has 0 unspecified atom stereocenters. The van der Waals surface area contributed by atoms with Crippen LogP contribution in [0.4, 0.5) is 0 Å². The van der Waals surface area contributed by atoms with E-state index in [0.29, 0.717) is 11.3 Å². The van der Waals surface area contributed by atoms with Crippen molar-refractivity contribution in [1.29, 1.82) is 0 Å². The summed E-state index contributed by atoms with van der Waals surface area (Å²) in [6, 6.07) is 4.32.